The zero-order valence-corrected chi connectivity index (χ0v) is 15.5. The molecule has 2 aromatic heterocycles. The van der Waals surface area contributed by atoms with E-state index in [2.05, 4.69) is 15.5 Å². The topological polar surface area (TPSA) is 82.2 Å². The molecule has 8 heteroatoms. The first-order valence-corrected chi connectivity index (χ1v) is 8.82. The van der Waals surface area contributed by atoms with E-state index >= 15 is 0 Å². The Labute approximate surface area is 165 Å². The quantitative estimate of drug-likeness (QED) is 0.537. The number of carbonyl (C=O) groups is 1. The monoisotopic (exact) mass is 392 g/mol. The zero-order valence-electron chi connectivity index (χ0n) is 15.5. The van der Waals surface area contributed by atoms with Crippen LogP contribution in [0.15, 0.2) is 71.4 Å². The number of nitrogens with one attached hydrogen (secondary N) is 1. The smallest absolute Gasteiger partial charge is 0.274 e. The highest BCUT2D eigenvalue weighted by Gasteiger charge is 2.16. The molecule has 0 spiro atoms. The average Bonchev–Trinajstić information content (AvgIpc) is 3.38. The normalized spacial score (nSPS) is 10.7. The maximum Gasteiger partial charge on any atom is 0.274 e. The molecule has 0 aliphatic carbocycles. The summed E-state index contributed by atoms with van der Waals surface area (Å²) in [7, 11) is 1.40. The second-order valence-corrected chi connectivity index (χ2v) is 6.21. The van der Waals surface area contributed by atoms with Crippen LogP contribution in [0.25, 0.3) is 23.0 Å². The first-order chi connectivity index (χ1) is 14.1. The van der Waals surface area contributed by atoms with Crippen LogP contribution in [0, 0.1) is 5.82 Å². The Bertz CT molecular complexity index is 1140. The molecule has 0 aliphatic heterocycles. The number of ether oxygens (including phenoxy) is 1. The molecule has 0 fully saturated rings. The highest BCUT2D eigenvalue weighted by molar-refractivity contribution is 5.90. The molecule has 0 aliphatic rings. The Morgan fingerprint density at radius 2 is 2.00 bits per heavy atom. The second kappa shape index (κ2) is 7.97. The van der Waals surface area contributed by atoms with Crippen molar-refractivity contribution in [2.24, 2.45) is 0 Å². The summed E-state index contributed by atoms with van der Waals surface area (Å²) in [5.41, 5.74) is 1.76. The number of nitrogens with zero attached hydrogens (tertiary/aromatic N) is 3. The maximum absolute atomic E-state index is 13.9. The van der Waals surface area contributed by atoms with E-state index in [1.807, 2.05) is 30.3 Å². The predicted octanol–water partition coefficient (Wildman–Crippen LogP) is 3.99. The van der Waals surface area contributed by atoms with Gasteiger partial charge < -0.3 is 19.1 Å². The van der Waals surface area contributed by atoms with E-state index in [0.717, 1.165) is 0 Å². The van der Waals surface area contributed by atoms with Crippen LogP contribution < -0.4 is 10.1 Å². The summed E-state index contributed by atoms with van der Waals surface area (Å²) in [6.07, 6.45) is 1.75. The van der Waals surface area contributed by atoms with Crippen LogP contribution in [0.3, 0.4) is 0 Å². The first kappa shape index (κ1) is 18.4. The van der Waals surface area contributed by atoms with E-state index in [0.29, 0.717) is 16.9 Å². The summed E-state index contributed by atoms with van der Waals surface area (Å²) in [6, 6.07) is 17.2. The molecule has 0 radical (unpaired) electrons. The van der Waals surface area contributed by atoms with Crippen molar-refractivity contribution in [3.63, 3.8) is 0 Å². The van der Waals surface area contributed by atoms with Crippen LogP contribution in [0.4, 0.5) is 10.1 Å². The highest BCUT2D eigenvalue weighted by atomic mass is 19.1. The van der Waals surface area contributed by atoms with E-state index in [9.17, 15) is 9.18 Å². The van der Waals surface area contributed by atoms with Gasteiger partial charge in [-0.2, -0.15) is 4.98 Å². The minimum Gasteiger partial charge on any atom is -0.494 e. The van der Waals surface area contributed by atoms with E-state index in [1.54, 1.807) is 29.0 Å². The number of para-hydroxylation sites is 1. The fourth-order valence-electron chi connectivity index (χ4n) is 2.87. The molecular weight excluding hydrogens is 375 g/mol. The van der Waals surface area contributed by atoms with E-state index in [1.165, 1.54) is 19.2 Å². The summed E-state index contributed by atoms with van der Waals surface area (Å²) in [4.78, 5) is 16.7. The van der Waals surface area contributed by atoms with Crippen LogP contribution in [0.5, 0.6) is 5.75 Å². The van der Waals surface area contributed by atoms with Crippen molar-refractivity contribution in [1.82, 2.24) is 14.7 Å². The highest BCUT2D eigenvalue weighted by Crippen LogP contribution is 2.26. The number of hydrogen-bond donors (Lipinski definition) is 1. The summed E-state index contributed by atoms with van der Waals surface area (Å²) in [5.74, 6) is -0.101. The third kappa shape index (κ3) is 4.01. The molecule has 0 unspecified atom stereocenters. The van der Waals surface area contributed by atoms with Crippen LogP contribution >= 0.6 is 0 Å². The van der Waals surface area contributed by atoms with Crippen molar-refractivity contribution < 1.29 is 18.4 Å². The van der Waals surface area contributed by atoms with Crippen molar-refractivity contribution in [2.75, 3.05) is 12.4 Å². The minimum absolute atomic E-state index is 0.0755. The van der Waals surface area contributed by atoms with Gasteiger partial charge in [0.05, 0.1) is 7.11 Å². The Morgan fingerprint density at radius 3 is 2.76 bits per heavy atom. The molecular formula is C21H17FN4O3. The number of benzene rings is 2. The lowest BCUT2D eigenvalue weighted by molar-refractivity contribution is -0.116. The van der Waals surface area contributed by atoms with Gasteiger partial charge in [0.1, 0.15) is 12.2 Å². The standard InChI is InChI=1S/C21H17FN4O3/c1-28-18-10-9-14(12-16(18)22)20-24-21(29-25-20)17-8-5-11-26(17)13-19(27)23-15-6-3-2-4-7-15/h2-12H,13H2,1H3,(H,23,27). The van der Waals surface area contributed by atoms with Gasteiger partial charge in [-0.25, -0.2) is 4.39 Å². The van der Waals surface area contributed by atoms with Gasteiger partial charge in [-0.15, -0.1) is 0 Å². The molecule has 0 atom stereocenters. The van der Waals surface area contributed by atoms with Crippen molar-refractivity contribution in [1.29, 1.82) is 0 Å². The molecule has 1 N–H and O–H groups in total. The Balaban J connectivity index is 1.53. The van der Waals surface area contributed by atoms with Crippen LogP contribution in [-0.4, -0.2) is 27.7 Å². The molecule has 29 heavy (non-hydrogen) atoms. The lowest BCUT2D eigenvalue weighted by Crippen LogP contribution is -2.18. The number of halogens is 1. The summed E-state index contributed by atoms with van der Waals surface area (Å²) >= 11 is 0. The Kier molecular flexibility index (Phi) is 5.07. The second-order valence-electron chi connectivity index (χ2n) is 6.21. The van der Waals surface area contributed by atoms with Gasteiger partial charge in [-0.1, -0.05) is 23.4 Å². The summed E-state index contributed by atoms with van der Waals surface area (Å²) in [6.45, 7) is 0.0755. The molecule has 0 saturated carbocycles. The Morgan fingerprint density at radius 1 is 1.17 bits per heavy atom. The fourth-order valence-corrected chi connectivity index (χ4v) is 2.87. The largest absolute Gasteiger partial charge is 0.494 e. The number of hydrogen-bond acceptors (Lipinski definition) is 5. The zero-order chi connectivity index (χ0) is 20.2. The SMILES string of the molecule is COc1ccc(-c2noc(-c3cccn3CC(=O)Nc3ccccc3)n2)cc1F. The fraction of sp³-hybridized carbons (Fsp3) is 0.0952. The van der Waals surface area contributed by atoms with Gasteiger partial charge in [0.2, 0.25) is 11.7 Å². The molecule has 146 valence electrons. The molecule has 0 saturated heterocycles. The van der Waals surface area contributed by atoms with Crippen LogP contribution in [-0.2, 0) is 11.3 Å². The maximum atomic E-state index is 13.9. The molecule has 2 aromatic carbocycles. The third-order valence-corrected chi connectivity index (χ3v) is 4.26. The molecule has 7 nitrogen and oxygen atoms in total. The van der Waals surface area contributed by atoms with Gasteiger partial charge in [0, 0.05) is 17.4 Å². The van der Waals surface area contributed by atoms with Gasteiger partial charge in [0.25, 0.3) is 5.89 Å². The van der Waals surface area contributed by atoms with E-state index < -0.39 is 5.82 Å². The number of aromatic nitrogens is 3. The van der Waals surface area contributed by atoms with Crippen molar-refractivity contribution in [3.8, 4) is 28.7 Å². The van der Waals surface area contributed by atoms with Crippen molar-refractivity contribution in [2.45, 2.75) is 6.54 Å². The number of amides is 1. The third-order valence-electron chi connectivity index (χ3n) is 4.26. The van der Waals surface area contributed by atoms with Crippen LogP contribution in [0.1, 0.15) is 0 Å². The molecule has 4 aromatic rings. The molecule has 2 heterocycles. The van der Waals surface area contributed by atoms with Crippen LogP contribution in [0.2, 0.25) is 0 Å². The molecule has 4 rings (SSSR count). The Hall–Kier alpha value is -3.94. The van der Waals surface area contributed by atoms with E-state index in [-0.39, 0.29) is 29.9 Å². The lowest BCUT2D eigenvalue weighted by atomic mass is 10.2. The number of methoxy groups -OCH3 is 1. The number of carbonyl (C=O) groups excluding carboxylic acids is 1. The first-order valence-electron chi connectivity index (χ1n) is 8.82. The van der Waals surface area contributed by atoms with Gasteiger partial charge >= 0.3 is 0 Å². The minimum atomic E-state index is -0.516. The van der Waals surface area contributed by atoms with Gasteiger partial charge in [-0.3, -0.25) is 4.79 Å². The summed E-state index contributed by atoms with van der Waals surface area (Å²) in [5, 5.41) is 6.75. The van der Waals surface area contributed by atoms with Gasteiger partial charge in [0.15, 0.2) is 11.6 Å². The summed E-state index contributed by atoms with van der Waals surface area (Å²) < 4.78 is 25.9. The number of anilines is 1. The van der Waals surface area contributed by atoms with Crippen molar-refractivity contribution >= 4 is 11.6 Å². The molecule has 1 amide bonds. The van der Waals surface area contributed by atoms with Crippen molar-refractivity contribution in [3.05, 3.63) is 72.7 Å². The average molecular weight is 392 g/mol. The van der Waals surface area contributed by atoms with E-state index in [4.69, 9.17) is 9.26 Å². The number of rotatable bonds is 6. The lowest BCUT2D eigenvalue weighted by Gasteiger charge is -2.08. The predicted molar refractivity (Wildman–Crippen MR) is 105 cm³/mol. The van der Waals surface area contributed by atoms with Gasteiger partial charge in [-0.05, 0) is 42.5 Å². The molecule has 0 bridgehead atoms.